The lowest BCUT2D eigenvalue weighted by Crippen LogP contribution is -2.00. The minimum Gasteiger partial charge on any atom is -0.478 e. The van der Waals surface area contributed by atoms with Crippen molar-refractivity contribution in [1.82, 2.24) is 9.36 Å². The van der Waals surface area contributed by atoms with E-state index in [4.69, 9.17) is 9.84 Å². The number of carbonyl (C=O) groups is 1. The Morgan fingerprint density at radius 2 is 2.32 bits per heavy atom. The first-order chi connectivity index (χ1) is 9.10. The average molecular weight is 343 g/mol. The van der Waals surface area contributed by atoms with Crippen molar-refractivity contribution < 1.29 is 14.6 Å². The number of ether oxygens (including phenoxy) is 1. The van der Waals surface area contributed by atoms with Crippen molar-refractivity contribution in [3.8, 4) is 10.9 Å². The summed E-state index contributed by atoms with van der Waals surface area (Å²) >= 11 is 4.35. The molecular formula is C12H11BrN2O3S. The summed E-state index contributed by atoms with van der Waals surface area (Å²) in [5, 5.41) is 9.48. The maximum absolute atomic E-state index is 11.1. The quantitative estimate of drug-likeness (QED) is 0.895. The number of benzene rings is 1. The molecule has 0 aliphatic rings. The van der Waals surface area contributed by atoms with E-state index in [0.717, 1.165) is 30.2 Å². The summed E-state index contributed by atoms with van der Waals surface area (Å²) in [5.74, 6) is -0.0685. The Kier molecular flexibility index (Phi) is 4.49. The number of carboxylic acid groups (broad SMARTS) is 1. The maximum atomic E-state index is 11.1. The molecule has 1 heterocycles. The highest BCUT2D eigenvalue weighted by Gasteiger charge is 2.14. The van der Waals surface area contributed by atoms with Gasteiger partial charge in [-0.3, -0.25) is 0 Å². The summed E-state index contributed by atoms with van der Waals surface area (Å²) in [4.78, 5) is 15.3. The lowest BCUT2D eigenvalue weighted by Gasteiger charge is -2.05. The van der Waals surface area contributed by atoms with Gasteiger partial charge < -0.3 is 9.84 Å². The molecule has 7 heteroatoms. The highest BCUT2D eigenvalue weighted by molar-refractivity contribution is 9.10. The molecule has 0 saturated carbocycles. The Hall–Kier alpha value is -1.47. The van der Waals surface area contributed by atoms with E-state index < -0.39 is 5.97 Å². The third kappa shape index (κ3) is 3.51. The maximum Gasteiger partial charge on any atom is 0.339 e. The molecule has 1 aromatic carbocycles. The van der Waals surface area contributed by atoms with E-state index in [1.165, 1.54) is 6.07 Å². The van der Waals surface area contributed by atoms with Gasteiger partial charge in [0.1, 0.15) is 17.1 Å². The van der Waals surface area contributed by atoms with Gasteiger partial charge in [-0.1, -0.05) is 22.9 Å². The van der Waals surface area contributed by atoms with Crippen LogP contribution < -0.4 is 4.74 Å². The molecule has 19 heavy (non-hydrogen) atoms. The number of hydrogen-bond acceptors (Lipinski definition) is 5. The van der Waals surface area contributed by atoms with Crippen LogP contribution in [0.4, 0.5) is 0 Å². The number of aromatic nitrogens is 2. The normalized spacial score (nSPS) is 10.4. The second-order valence-corrected chi connectivity index (χ2v) is 5.40. The Labute approximate surface area is 122 Å². The zero-order valence-electron chi connectivity index (χ0n) is 10.1. The Morgan fingerprint density at radius 1 is 1.53 bits per heavy atom. The van der Waals surface area contributed by atoms with Crippen LogP contribution in [0.2, 0.25) is 0 Å². The van der Waals surface area contributed by atoms with Gasteiger partial charge in [0.25, 0.3) is 5.19 Å². The smallest absolute Gasteiger partial charge is 0.339 e. The third-order valence-electron chi connectivity index (χ3n) is 2.29. The lowest BCUT2D eigenvalue weighted by atomic mass is 10.2. The van der Waals surface area contributed by atoms with Crippen molar-refractivity contribution in [2.45, 2.75) is 19.8 Å². The molecule has 0 unspecified atom stereocenters. The zero-order valence-corrected chi connectivity index (χ0v) is 12.5. The molecule has 0 radical (unpaired) electrons. The van der Waals surface area contributed by atoms with Crippen LogP contribution >= 0.6 is 27.5 Å². The molecule has 0 saturated heterocycles. The molecule has 1 N–H and O–H groups in total. The van der Waals surface area contributed by atoms with Gasteiger partial charge in [0.05, 0.1) is 0 Å². The second-order valence-electron chi connectivity index (χ2n) is 3.77. The van der Waals surface area contributed by atoms with E-state index >= 15 is 0 Å². The first-order valence-electron chi connectivity index (χ1n) is 5.63. The monoisotopic (exact) mass is 342 g/mol. The Balaban J connectivity index is 2.24. The van der Waals surface area contributed by atoms with Crippen LogP contribution in [-0.4, -0.2) is 20.4 Å². The summed E-state index contributed by atoms with van der Waals surface area (Å²) in [6.07, 6.45) is 1.74. The summed E-state index contributed by atoms with van der Waals surface area (Å²) in [7, 11) is 0. The van der Waals surface area contributed by atoms with E-state index in [9.17, 15) is 4.79 Å². The minimum absolute atomic E-state index is 0.0848. The van der Waals surface area contributed by atoms with E-state index in [2.05, 4.69) is 25.3 Å². The second kappa shape index (κ2) is 6.12. The highest BCUT2D eigenvalue weighted by Crippen LogP contribution is 2.29. The number of halogens is 1. The molecule has 100 valence electrons. The topological polar surface area (TPSA) is 72.3 Å². The van der Waals surface area contributed by atoms with E-state index in [1.54, 1.807) is 12.1 Å². The predicted octanol–water partition coefficient (Wildman–Crippen LogP) is 3.74. The first kappa shape index (κ1) is 14.0. The fourth-order valence-electron chi connectivity index (χ4n) is 1.46. The van der Waals surface area contributed by atoms with Crippen LogP contribution in [0.25, 0.3) is 0 Å². The fraction of sp³-hybridized carbons (Fsp3) is 0.250. The Morgan fingerprint density at radius 3 is 3.00 bits per heavy atom. The zero-order chi connectivity index (χ0) is 13.8. The van der Waals surface area contributed by atoms with Crippen LogP contribution in [0.5, 0.6) is 10.9 Å². The fourth-order valence-corrected chi connectivity index (χ4v) is 2.41. The number of nitrogens with zero attached hydrogens (tertiary/aromatic N) is 2. The van der Waals surface area contributed by atoms with Crippen molar-refractivity contribution in [3.05, 3.63) is 34.1 Å². The third-order valence-corrected chi connectivity index (χ3v) is 3.42. The van der Waals surface area contributed by atoms with Crippen LogP contribution in [-0.2, 0) is 6.42 Å². The van der Waals surface area contributed by atoms with Gasteiger partial charge in [-0.2, -0.15) is 9.36 Å². The van der Waals surface area contributed by atoms with Crippen molar-refractivity contribution in [1.29, 1.82) is 0 Å². The number of rotatable bonds is 5. The largest absolute Gasteiger partial charge is 0.478 e. The SMILES string of the molecule is CCCc1nsc(Oc2ccc(Br)cc2C(=O)O)n1. The molecular weight excluding hydrogens is 332 g/mol. The molecule has 0 bridgehead atoms. The van der Waals surface area contributed by atoms with Gasteiger partial charge in [0.2, 0.25) is 0 Å². The van der Waals surface area contributed by atoms with E-state index in [0.29, 0.717) is 9.67 Å². The summed E-state index contributed by atoms with van der Waals surface area (Å²) in [6.45, 7) is 2.04. The molecule has 0 amide bonds. The Bertz CT molecular complexity index is 600. The van der Waals surface area contributed by atoms with Crippen molar-refractivity contribution in [3.63, 3.8) is 0 Å². The number of hydrogen-bond donors (Lipinski definition) is 1. The first-order valence-corrected chi connectivity index (χ1v) is 7.20. The number of aryl methyl sites for hydroxylation is 1. The highest BCUT2D eigenvalue weighted by atomic mass is 79.9. The minimum atomic E-state index is -1.05. The van der Waals surface area contributed by atoms with Crippen LogP contribution in [0, 0.1) is 0 Å². The van der Waals surface area contributed by atoms with E-state index in [-0.39, 0.29) is 11.3 Å². The summed E-state index contributed by atoms with van der Waals surface area (Å²) in [6, 6.07) is 4.80. The van der Waals surface area contributed by atoms with Crippen LogP contribution in [0.1, 0.15) is 29.5 Å². The molecule has 2 rings (SSSR count). The molecule has 0 spiro atoms. The molecule has 0 fully saturated rings. The molecule has 0 aliphatic carbocycles. The van der Waals surface area contributed by atoms with Gasteiger partial charge in [-0.15, -0.1) is 0 Å². The van der Waals surface area contributed by atoms with Gasteiger partial charge in [-0.25, -0.2) is 4.79 Å². The van der Waals surface area contributed by atoms with Crippen molar-refractivity contribution in [2.24, 2.45) is 0 Å². The molecule has 1 aromatic heterocycles. The van der Waals surface area contributed by atoms with Crippen LogP contribution in [0.15, 0.2) is 22.7 Å². The van der Waals surface area contributed by atoms with Gasteiger partial charge in [-0.05, 0) is 24.6 Å². The number of aromatic carboxylic acids is 1. The van der Waals surface area contributed by atoms with Gasteiger partial charge >= 0.3 is 5.97 Å². The number of carboxylic acids is 1. The van der Waals surface area contributed by atoms with Crippen molar-refractivity contribution >= 4 is 33.4 Å². The standard InChI is InChI=1S/C12H11BrN2O3S/c1-2-3-10-14-12(19-15-10)18-9-5-4-7(13)6-8(9)11(16)17/h4-6H,2-3H2,1H3,(H,16,17). The molecule has 5 nitrogen and oxygen atoms in total. The van der Waals surface area contributed by atoms with Gasteiger partial charge in [0.15, 0.2) is 0 Å². The average Bonchev–Trinajstić information content (AvgIpc) is 2.79. The van der Waals surface area contributed by atoms with Crippen molar-refractivity contribution in [2.75, 3.05) is 0 Å². The van der Waals surface area contributed by atoms with E-state index in [1.807, 2.05) is 6.92 Å². The lowest BCUT2D eigenvalue weighted by molar-refractivity contribution is 0.0694. The molecule has 0 atom stereocenters. The molecule has 0 aliphatic heterocycles. The van der Waals surface area contributed by atoms with Crippen LogP contribution in [0.3, 0.4) is 0 Å². The molecule has 2 aromatic rings. The summed E-state index contributed by atoms with van der Waals surface area (Å²) in [5.41, 5.74) is 0.0848. The van der Waals surface area contributed by atoms with Gasteiger partial charge in [0, 0.05) is 22.4 Å². The summed E-state index contributed by atoms with van der Waals surface area (Å²) < 4.78 is 10.3. The predicted molar refractivity (Wildman–Crippen MR) is 75.1 cm³/mol.